The molecule has 0 N–H and O–H groups in total. The minimum Gasteiger partial charge on any atom is -0.281 e. The molecule has 0 saturated heterocycles. The molecule has 1 unspecified atom stereocenters. The molecule has 1 nitrogen and oxygen atoms in total. The van der Waals surface area contributed by atoms with Gasteiger partial charge in [-0.1, -0.05) is 49.4 Å². The van der Waals surface area contributed by atoms with Gasteiger partial charge >= 0.3 is 0 Å². The molecule has 16 heavy (non-hydrogen) atoms. The summed E-state index contributed by atoms with van der Waals surface area (Å²) in [5.41, 5.74) is 1.03. The van der Waals surface area contributed by atoms with Crippen molar-refractivity contribution in [1.29, 1.82) is 0 Å². The molecular weight excluding hydrogens is 220 g/mol. The van der Waals surface area contributed by atoms with Crippen molar-refractivity contribution in [1.82, 2.24) is 0 Å². The molecule has 2 heteroatoms. The normalized spacial score (nSPS) is 12.6. The Morgan fingerprint density at radius 2 is 1.88 bits per heavy atom. The number of hydrogen-bond donors (Lipinski definition) is 0. The van der Waals surface area contributed by atoms with E-state index in [-0.39, 0.29) is 11.2 Å². The highest BCUT2D eigenvalue weighted by molar-refractivity contribution is 6.64. The van der Waals surface area contributed by atoms with Crippen molar-refractivity contribution in [3.63, 3.8) is 0 Å². The van der Waals surface area contributed by atoms with Crippen molar-refractivity contribution in [2.45, 2.75) is 19.3 Å². The van der Waals surface area contributed by atoms with Gasteiger partial charge in [0.15, 0.2) is 0 Å². The van der Waals surface area contributed by atoms with Gasteiger partial charge in [0, 0.05) is 0 Å². The average molecular weight is 233 g/mol. The molecular formula is C14H13ClO. The zero-order valence-electron chi connectivity index (χ0n) is 9.11. The quantitative estimate of drug-likeness (QED) is 0.729. The van der Waals surface area contributed by atoms with Crippen LogP contribution in [-0.4, -0.2) is 5.24 Å². The van der Waals surface area contributed by atoms with E-state index in [0.29, 0.717) is 0 Å². The molecule has 0 heterocycles. The summed E-state index contributed by atoms with van der Waals surface area (Å²) < 4.78 is 0. The van der Waals surface area contributed by atoms with Crippen molar-refractivity contribution in [3.05, 3.63) is 48.0 Å². The fourth-order valence-electron chi connectivity index (χ4n) is 2.06. The third-order valence-corrected chi connectivity index (χ3v) is 3.14. The van der Waals surface area contributed by atoms with E-state index < -0.39 is 0 Å². The summed E-state index contributed by atoms with van der Waals surface area (Å²) in [6, 6.07) is 14.1. The van der Waals surface area contributed by atoms with Crippen LogP contribution in [0.1, 0.15) is 24.8 Å². The Morgan fingerprint density at radius 3 is 2.56 bits per heavy atom. The summed E-state index contributed by atoms with van der Waals surface area (Å²) in [7, 11) is 0. The van der Waals surface area contributed by atoms with E-state index in [9.17, 15) is 4.79 Å². The third-order valence-electron chi connectivity index (χ3n) is 2.88. The third kappa shape index (κ3) is 1.96. The first-order valence-corrected chi connectivity index (χ1v) is 5.79. The SMILES string of the molecule is CCC(C(=O)Cl)c1cccc2ccccc12. The maximum absolute atomic E-state index is 11.4. The number of fused-ring (bicyclic) bond motifs is 1. The van der Waals surface area contributed by atoms with Crippen LogP contribution in [0.15, 0.2) is 42.5 Å². The number of hydrogen-bond acceptors (Lipinski definition) is 1. The van der Waals surface area contributed by atoms with Crippen molar-refractivity contribution in [2.24, 2.45) is 0 Å². The van der Waals surface area contributed by atoms with E-state index in [1.807, 2.05) is 49.4 Å². The molecule has 2 rings (SSSR count). The summed E-state index contributed by atoms with van der Waals surface area (Å²) in [4.78, 5) is 11.4. The minimum atomic E-state index is -0.279. The van der Waals surface area contributed by atoms with Gasteiger partial charge in [0.2, 0.25) is 5.24 Å². The summed E-state index contributed by atoms with van der Waals surface area (Å²) in [5.74, 6) is -0.201. The van der Waals surface area contributed by atoms with E-state index in [0.717, 1.165) is 22.8 Å². The lowest BCUT2D eigenvalue weighted by atomic mass is 9.92. The number of benzene rings is 2. The van der Waals surface area contributed by atoms with Gasteiger partial charge in [-0.25, -0.2) is 0 Å². The van der Waals surface area contributed by atoms with Crippen LogP contribution in [0.25, 0.3) is 10.8 Å². The molecule has 1 atom stereocenters. The Kier molecular flexibility index (Phi) is 3.25. The molecule has 2 aromatic carbocycles. The summed E-state index contributed by atoms with van der Waals surface area (Å²) in [5, 5.41) is 1.99. The average Bonchev–Trinajstić information content (AvgIpc) is 2.30. The predicted molar refractivity (Wildman–Crippen MR) is 67.8 cm³/mol. The van der Waals surface area contributed by atoms with E-state index in [1.165, 1.54) is 0 Å². The van der Waals surface area contributed by atoms with E-state index in [2.05, 4.69) is 0 Å². The highest BCUT2D eigenvalue weighted by Crippen LogP contribution is 2.29. The molecule has 0 aliphatic rings. The van der Waals surface area contributed by atoms with E-state index in [4.69, 9.17) is 11.6 Å². The molecule has 0 spiro atoms. The largest absolute Gasteiger partial charge is 0.281 e. The van der Waals surface area contributed by atoms with Gasteiger partial charge in [-0.3, -0.25) is 4.79 Å². The molecule has 0 radical (unpaired) electrons. The van der Waals surface area contributed by atoms with E-state index >= 15 is 0 Å². The molecule has 0 bridgehead atoms. The Balaban J connectivity index is 2.63. The lowest BCUT2D eigenvalue weighted by Crippen LogP contribution is -2.05. The Bertz CT molecular complexity index is 514. The zero-order valence-corrected chi connectivity index (χ0v) is 9.87. The van der Waals surface area contributed by atoms with Gasteiger partial charge in [0.1, 0.15) is 0 Å². The van der Waals surface area contributed by atoms with Crippen LogP contribution >= 0.6 is 11.6 Å². The van der Waals surface area contributed by atoms with Crippen LogP contribution in [0.5, 0.6) is 0 Å². The van der Waals surface area contributed by atoms with Crippen LogP contribution in [0, 0.1) is 0 Å². The maximum Gasteiger partial charge on any atom is 0.229 e. The number of halogens is 1. The number of carbonyl (C=O) groups is 1. The molecule has 0 fully saturated rings. The molecule has 82 valence electrons. The van der Waals surface area contributed by atoms with Crippen molar-refractivity contribution in [3.8, 4) is 0 Å². The van der Waals surface area contributed by atoms with Gasteiger partial charge in [0.25, 0.3) is 0 Å². The van der Waals surface area contributed by atoms with Crippen LogP contribution in [-0.2, 0) is 4.79 Å². The summed E-state index contributed by atoms with van der Waals surface area (Å²) in [6.07, 6.45) is 0.732. The summed E-state index contributed by atoms with van der Waals surface area (Å²) >= 11 is 5.64. The monoisotopic (exact) mass is 232 g/mol. The fraction of sp³-hybridized carbons (Fsp3) is 0.214. The topological polar surface area (TPSA) is 17.1 Å². The molecule has 0 aliphatic heterocycles. The first-order chi connectivity index (χ1) is 7.74. The van der Waals surface area contributed by atoms with Crippen molar-refractivity contribution < 1.29 is 4.79 Å². The van der Waals surface area contributed by atoms with Crippen molar-refractivity contribution >= 4 is 27.6 Å². The molecule has 0 aromatic heterocycles. The Labute approximate surface area is 100 Å². The predicted octanol–water partition coefficient (Wildman–Crippen LogP) is 4.10. The second kappa shape index (κ2) is 4.67. The van der Waals surface area contributed by atoms with Crippen LogP contribution < -0.4 is 0 Å². The zero-order chi connectivity index (χ0) is 11.5. The van der Waals surface area contributed by atoms with Crippen LogP contribution in [0.4, 0.5) is 0 Å². The van der Waals surface area contributed by atoms with Gasteiger partial charge in [0.05, 0.1) is 5.92 Å². The van der Waals surface area contributed by atoms with Gasteiger partial charge < -0.3 is 0 Å². The first kappa shape index (κ1) is 11.2. The smallest absolute Gasteiger partial charge is 0.229 e. The standard InChI is InChI=1S/C14H13ClO/c1-2-11(14(15)16)13-9-5-7-10-6-3-4-8-12(10)13/h3-9,11H,2H2,1H3. The maximum atomic E-state index is 11.4. The van der Waals surface area contributed by atoms with Gasteiger partial charge in [-0.2, -0.15) is 0 Å². The Morgan fingerprint density at radius 1 is 1.19 bits per heavy atom. The fourth-order valence-corrected chi connectivity index (χ4v) is 2.33. The number of carbonyl (C=O) groups excluding carboxylic acids is 1. The van der Waals surface area contributed by atoms with Crippen LogP contribution in [0.2, 0.25) is 0 Å². The lowest BCUT2D eigenvalue weighted by molar-refractivity contribution is -0.113. The molecule has 0 aliphatic carbocycles. The molecule has 0 saturated carbocycles. The second-order valence-electron chi connectivity index (χ2n) is 3.83. The molecule has 2 aromatic rings. The molecule has 0 amide bonds. The second-order valence-corrected chi connectivity index (χ2v) is 4.21. The lowest BCUT2D eigenvalue weighted by Gasteiger charge is -2.13. The highest BCUT2D eigenvalue weighted by Gasteiger charge is 2.18. The highest BCUT2D eigenvalue weighted by atomic mass is 35.5. The first-order valence-electron chi connectivity index (χ1n) is 5.41. The number of rotatable bonds is 3. The summed E-state index contributed by atoms with van der Waals surface area (Å²) in [6.45, 7) is 1.98. The van der Waals surface area contributed by atoms with E-state index in [1.54, 1.807) is 0 Å². The van der Waals surface area contributed by atoms with Crippen molar-refractivity contribution in [2.75, 3.05) is 0 Å². The van der Waals surface area contributed by atoms with Gasteiger partial charge in [-0.15, -0.1) is 0 Å². The Hall–Kier alpha value is -1.34. The minimum absolute atomic E-state index is 0.201. The van der Waals surface area contributed by atoms with Crippen LogP contribution in [0.3, 0.4) is 0 Å². The van der Waals surface area contributed by atoms with Gasteiger partial charge in [-0.05, 0) is 34.4 Å².